The minimum Gasteiger partial charge on any atom is -0.329 e. The van der Waals surface area contributed by atoms with Crippen molar-refractivity contribution in [1.29, 1.82) is 0 Å². The lowest BCUT2D eigenvalue weighted by Gasteiger charge is -2.30. The van der Waals surface area contributed by atoms with Gasteiger partial charge in [0, 0.05) is 18.6 Å². The lowest BCUT2D eigenvalue weighted by atomic mass is 9.95. The molecule has 0 rings (SSSR count). The van der Waals surface area contributed by atoms with E-state index in [1.165, 1.54) is 0 Å². The Morgan fingerprint density at radius 3 is 2.00 bits per heavy atom. The van der Waals surface area contributed by atoms with Crippen molar-refractivity contribution in [1.82, 2.24) is 9.44 Å². The molecule has 0 unspecified atom stereocenters. The van der Waals surface area contributed by atoms with Gasteiger partial charge in [-0.05, 0) is 12.8 Å². The van der Waals surface area contributed by atoms with E-state index in [0.717, 1.165) is 0 Å². The van der Waals surface area contributed by atoms with Crippen LogP contribution in [-0.2, 0) is 10.2 Å². The second kappa shape index (κ2) is 5.65. The van der Waals surface area contributed by atoms with E-state index >= 15 is 0 Å². The highest BCUT2D eigenvalue weighted by Gasteiger charge is 2.29. The molecule has 0 amide bonds. The zero-order valence-electron chi connectivity index (χ0n) is 9.13. The van der Waals surface area contributed by atoms with Crippen molar-refractivity contribution in [3.05, 3.63) is 0 Å². The summed E-state index contributed by atoms with van der Waals surface area (Å²) in [5.41, 5.74) is 5.06. The largest absolute Gasteiger partial charge is 0.329 e. The fourth-order valence-corrected chi connectivity index (χ4v) is 2.63. The molecule has 0 atom stereocenters. The predicted molar refractivity (Wildman–Crippen MR) is 58.1 cm³/mol. The van der Waals surface area contributed by atoms with E-state index in [1.807, 2.05) is 13.8 Å². The smallest absolute Gasteiger partial charge is 0.277 e. The van der Waals surface area contributed by atoms with Crippen molar-refractivity contribution in [2.24, 2.45) is 5.73 Å². The standard InChI is InChI=1S/C8H21N3O2S/c1-4-8(5-2,7-9)11-14(12,13)10-6-3/h10-11H,4-7,9H2,1-3H3. The molecular weight excluding hydrogens is 202 g/mol. The van der Waals surface area contributed by atoms with Crippen LogP contribution < -0.4 is 15.2 Å². The van der Waals surface area contributed by atoms with Gasteiger partial charge >= 0.3 is 0 Å². The molecule has 0 heterocycles. The van der Waals surface area contributed by atoms with E-state index < -0.39 is 15.7 Å². The monoisotopic (exact) mass is 223 g/mol. The number of nitrogens with one attached hydrogen (secondary N) is 2. The van der Waals surface area contributed by atoms with Crippen LogP contribution in [0, 0.1) is 0 Å². The molecule has 0 radical (unpaired) electrons. The lowest BCUT2D eigenvalue weighted by molar-refractivity contribution is 0.361. The van der Waals surface area contributed by atoms with Gasteiger partial charge in [0.2, 0.25) is 0 Å². The van der Waals surface area contributed by atoms with E-state index in [-0.39, 0.29) is 0 Å². The SMILES string of the molecule is CCNS(=O)(=O)NC(CC)(CC)CN. The molecule has 0 saturated heterocycles. The highest BCUT2D eigenvalue weighted by atomic mass is 32.2. The molecular formula is C8H21N3O2S. The second-order valence-electron chi connectivity index (χ2n) is 3.29. The highest BCUT2D eigenvalue weighted by Crippen LogP contribution is 2.13. The maximum atomic E-state index is 11.4. The van der Waals surface area contributed by atoms with Crippen LogP contribution in [0.2, 0.25) is 0 Å². The summed E-state index contributed by atoms with van der Waals surface area (Å²) in [6.07, 6.45) is 1.37. The van der Waals surface area contributed by atoms with Crippen LogP contribution in [0.25, 0.3) is 0 Å². The van der Waals surface area contributed by atoms with E-state index in [4.69, 9.17) is 5.73 Å². The Kier molecular flexibility index (Phi) is 5.58. The minimum atomic E-state index is -3.41. The van der Waals surface area contributed by atoms with Crippen LogP contribution >= 0.6 is 0 Å². The Labute approximate surface area is 86.6 Å². The summed E-state index contributed by atoms with van der Waals surface area (Å²) in [6, 6.07) is 0. The molecule has 0 fully saturated rings. The molecule has 0 saturated carbocycles. The number of nitrogens with two attached hydrogens (primary N) is 1. The highest BCUT2D eigenvalue weighted by molar-refractivity contribution is 7.87. The van der Waals surface area contributed by atoms with E-state index in [9.17, 15) is 8.42 Å². The van der Waals surface area contributed by atoms with Gasteiger partial charge in [0.25, 0.3) is 10.2 Å². The zero-order valence-corrected chi connectivity index (χ0v) is 9.95. The van der Waals surface area contributed by atoms with Crippen molar-refractivity contribution in [2.45, 2.75) is 39.2 Å². The molecule has 0 aliphatic rings. The van der Waals surface area contributed by atoms with Gasteiger partial charge in [-0.1, -0.05) is 20.8 Å². The van der Waals surface area contributed by atoms with Gasteiger partial charge in [-0.2, -0.15) is 13.1 Å². The van der Waals surface area contributed by atoms with Gasteiger partial charge < -0.3 is 5.73 Å². The normalized spacial score (nSPS) is 13.1. The second-order valence-corrected chi connectivity index (χ2v) is 4.79. The quantitative estimate of drug-likeness (QED) is 0.565. The first kappa shape index (κ1) is 13.8. The molecule has 4 N–H and O–H groups in total. The van der Waals surface area contributed by atoms with Crippen LogP contribution in [0.15, 0.2) is 0 Å². The third-order valence-electron chi connectivity index (χ3n) is 2.43. The fraction of sp³-hybridized carbons (Fsp3) is 1.00. The molecule has 0 aromatic rings. The Hall–Kier alpha value is -0.170. The van der Waals surface area contributed by atoms with Gasteiger partial charge in [-0.3, -0.25) is 0 Å². The summed E-state index contributed by atoms with van der Waals surface area (Å²) >= 11 is 0. The number of hydrogen-bond donors (Lipinski definition) is 3. The van der Waals surface area contributed by atoms with E-state index in [2.05, 4.69) is 9.44 Å². The van der Waals surface area contributed by atoms with Gasteiger partial charge in [0.05, 0.1) is 0 Å². The van der Waals surface area contributed by atoms with Crippen LogP contribution in [-0.4, -0.2) is 27.0 Å². The third-order valence-corrected chi connectivity index (χ3v) is 3.80. The number of rotatable bonds is 7. The van der Waals surface area contributed by atoms with Crippen molar-refractivity contribution in [3.8, 4) is 0 Å². The molecule has 0 aliphatic heterocycles. The molecule has 14 heavy (non-hydrogen) atoms. The summed E-state index contributed by atoms with van der Waals surface area (Å²) in [4.78, 5) is 0. The van der Waals surface area contributed by atoms with Gasteiger partial charge in [0.1, 0.15) is 0 Å². The maximum absolute atomic E-state index is 11.4. The maximum Gasteiger partial charge on any atom is 0.277 e. The topological polar surface area (TPSA) is 84.2 Å². The summed E-state index contributed by atoms with van der Waals surface area (Å²) in [7, 11) is -3.41. The molecule has 0 aliphatic carbocycles. The summed E-state index contributed by atoms with van der Waals surface area (Å²) in [5, 5.41) is 0. The number of hydrogen-bond acceptors (Lipinski definition) is 3. The van der Waals surface area contributed by atoms with Crippen molar-refractivity contribution in [3.63, 3.8) is 0 Å². The lowest BCUT2D eigenvalue weighted by Crippen LogP contribution is -2.55. The Bertz CT molecular complexity index is 239. The Morgan fingerprint density at radius 2 is 1.71 bits per heavy atom. The first-order valence-corrected chi connectivity index (χ1v) is 6.42. The first-order chi connectivity index (χ1) is 6.45. The van der Waals surface area contributed by atoms with Crippen molar-refractivity contribution >= 4 is 10.2 Å². The fourth-order valence-electron chi connectivity index (χ4n) is 1.24. The average molecular weight is 223 g/mol. The Morgan fingerprint density at radius 1 is 1.21 bits per heavy atom. The van der Waals surface area contributed by atoms with Gasteiger partial charge in [-0.15, -0.1) is 0 Å². The molecule has 6 heteroatoms. The first-order valence-electron chi connectivity index (χ1n) is 4.94. The predicted octanol–water partition coefficient (Wildman–Crippen LogP) is -0.0522. The van der Waals surface area contributed by atoms with Gasteiger partial charge in [0.15, 0.2) is 0 Å². The van der Waals surface area contributed by atoms with Crippen molar-refractivity contribution in [2.75, 3.05) is 13.1 Å². The average Bonchev–Trinajstić information content (AvgIpc) is 2.14. The van der Waals surface area contributed by atoms with Crippen LogP contribution in [0.1, 0.15) is 33.6 Å². The molecule has 0 aromatic heterocycles. The van der Waals surface area contributed by atoms with Crippen molar-refractivity contribution < 1.29 is 8.42 Å². The van der Waals surface area contributed by atoms with E-state index in [0.29, 0.717) is 25.9 Å². The molecule has 0 spiro atoms. The minimum absolute atomic E-state index is 0.310. The molecule has 0 aromatic carbocycles. The van der Waals surface area contributed by atoms with Crippen LogP contribution in [0.5, 0.6) is 0 Å². The Balaban J connectivity index is 4.59. The van der Waals surface area contributed by atoms with Crippen LogP contribution in [0.3, 0.4) is 0 Å². The van der Waals surface area contributed by atoms with E-state index in [1.54, 1.807) is 6.92 Å². The molecule has 86 valence electrons. The zero-order chi connectivity index (χ0) is 11.2. The summed E-state index contributed by atoms with van der Waals surface area (Å²) in [5.74, 6) is 0. The van der Waals surface area contributed by atoms with Crippen LogP contribution in [0.4, 0.5) is 0 Å². The molecule has 5 nitrogen and oxygen atoms in total. The summed E-state index contributed by atoms with van der Waals surface area (Å²) in [6.45, 7) is 6.27. The summed E-state index contributed by atoms with van der Waals surface area (Å²) < 4.78 is 27.9. The third kappa shape index (κ3) is 3.91. The molecule has 0 bridgehead atoms. The van der Waals surface area contributed by atoms with Gasteiger partial charge in [-0.25, -0.2) is 4.72 Å².